The van der Waals surface area contributed by atoms with Gasteiger partial charge in [-0.3, -0.25) is 10.1 Å². The summed E-state index contributed by atoms with van der Waals surface area (Å²) in [5.41, 5.74) is 1.18. The molecule has 7 heteroatoms. The Morgan fingerprint density at radius 3 is 2.70 bits per heavy atom. The van der Waals surface area contributed by atoms with E-state index in [4.69, 9.17) is 9.47 Å². The first-order valence-corrected chi connectivity index (χ1v) is 8.57. The summed E-state index contributed by atoms with van der Waals surface area (Å²) >= 11 is 0. The van der Waals surface area contributed by atoms with Crippen LogP contribution in [-0.2, 0) is 9.53 Å². The molecular formula is C20H18N2O5. The molecule has 0 fully saturated rings. The first-order chi connectivity index (χ1) is 13.1. The molecule has 0 spiro atoms. The Kier molecular flexibility index (Phi) is 5.61. The van der Waals surface area contributed by atoms with Gasteiger partial charge >= 0.3 is 5.97 Å². The van der Waals surface area contributed by atoms with Crippen molar-refractivity contribution in [2.75, 3.05) is 6.61 Å². The van der Waals surface area contributed by atoms with Crippen LogP contribution in [0.2, 0.25) is 0 Å². The lowest BCUT2D eigenvalue weighted by Crippen LogP contribution is -2.05. The highest BCUT2D eigenvalue weighted by Crippen LogP contribution is 2.22. The lowest BCUT2D eigenvalue weighted by Gasteiger charge is -2.05. The molecule has 0 bridgehead atoms. The van der Waals surface area contributed by atoms with Gasteiger partial charge in [0, 0.05) is 17.7 Å². The highest BCUT2D eigenvalue weighted by atomic mass is 16.6. The van der Waals surface area contributed by atoms with Crippen LogP contribution in [0.5, 0.6) is 5.75 Å². The van der Waals surface area contributed by atoms with E-state index in [-0.39, 0.29) is 17.3 Å². The van der Waals surface area contributed by atoms with Crippen LogP contribution >= 0.6 is 0 Å². The summed E-state index contributed by atoms with van der Waals surface area (Å²) in [5.74, 6) is 0.334. The molecule has 3 rings (SSSR count). The number of ether oxygens (including phenoxy) is 2. The number of esters is 1. The molecule has 0 N–H and O–H groups in total. The molecule has 0 unspecified atom stereocenters. The largest absolute Gasteiger partial charge is 0.494 e. The molecule has 1 heterocycles. The van der Waals surface area contributed by atoms with Gasteiger partial charge in [0.2, 0.25) is 5.90 Å². The number of cyclic esters (lactones) is 1. The SMILES string of the molecule is CCCCOc1ccc(C2=NC(=Cc3cccc([N+](=O)[O-])c3)C(=O)O2)cc1. The van der Waals surface area contributed by atoms with Gasteiger partial charge in [-0.2, -0.15) is 0 Å². The lowest BCUT2D eigenvalue weighted by molar-refractivity contribution is -0.384. The minimum absolute atomic E-state index is 0.0569. The summed E-state index contributed by atoms with van der Waals surface area (Å²) in [4.78, 5) is 26.6. The smallest absolute Gasteiger partial charge is 0.363 e. The van der Waals surface area contributed by atoms with Crippen LogP contribution in [0.3, 0.4) is 0 Å². The van der Waals surface area contributed by atoms with Gasteiger partial charge in [-0.1, -0.05) is 25.5 Å². The van der Waals surface area contributed by atoms with Crippen molar-refractivity contribution in [3.05, 3.63) is 75.5 Å². The summed E-state index contributed by atoms with van der Waals surface area (Å²) in [6, 6.07) is 13.1. The van der Waals surface area contributed by atoms with Gasteiger partial charge in [0.1, 0.15) is 5.75 Å². The molecule has 2 aromatic rings. The quantitative estimate of drug-likeness (QED) is 0.242. The summed E-state index contributed by atoms with van der Waals surface area (Å²) < 4.78 is 10.8. The number of hydrogen-bond donors (Lipinski definition) is 0. The lowest BCUT2D eigenvalue weighted by atomic mass is 10.1. The second-order valence-corrected chi connectivity index (χ2v) is 5.91. The molecule has 2 aromatic carbocycles. The van der Waals surface area contributed by atoms with E-state index in [9.17, 15) is 14.9 Å². The molecule has 0 amide bonds. The Morgan fingerprint density at radius 1 is 1.22 bits per heavy atom. The topological polar surface area (TPSA) is 91.0 Å². The van der Waals surface area contributed by atoms with Crippen molar-refractivity contribution in [2.24, 2.45) is 4.99 Å². The van der Waals surface area contributed by atoms with Crippen molar-refractivity contribution in [3.8, 4) is 5.75 Å². The molecule has 0 saturated carbocycles. The third kappa shape index (κ3) is 4.58. The van der Waals surface area contributed by atoms with Crippen molar-refractivity contribution < 1.29 is 19.2 Å². The van der Waals surface area contributed by atoms with Gasteiger partial charge in [0.25, 0.3) is 5.69 Å². The van der Waals surface area contributed by atoms with E-state index in [1.807, 2.05) is 0 Å². The van der Waals surface area contributed by atoms with Crippen LogP contribution in [0.1, 0.15) is 30.9 Å². The number of benzene rings is 2. The molecule has 0 radical (unpaired) electrons. The standard InChI is InChI=1S/C20H18N2O5/c1-2-3-11-26-17-9-7-15(8-10-17)19-21-18(20(23)27-19)13-14-5-4-6-16(12-14)22(24)25/h4-10,12-13H,2-3,11H2,1H3. The molecule has 0 saturated heterocycles. The summed E-state index contributed by atoms with van der Waals surface area (Å²) in [6.45, 7) is 2.75. The minimum atomic E-state index is -0.597. The normalized spacial score (nSPS) is 14.8. The summed E-state index contributed by atoms with van der Waals surface area (Å²) in [6.07, 6.45) is 3.51. The van der Waals surface area contributed by atoms with Gasteiger partial charge in [0.15, 0.2) is 5.70 Å². The van der Waals surface area contributed by atoms with Crippen LogP contribution in [0.4, 0.5) is 5.69 Å². The number of carbonyl (C=O) groups excluding carboxylic acids is 1. The highest BCUT2D eigenvalue weighted by Gasteiger charge is 2.24. The number of unbranched alkanes of at least 4 members (excludes halogenated alkanes) is 1. The number of nitro benzene ring substituents is 1. The Labute approximate surface area is 156 Å². The number of rotatable bonds is 7. The zero-order valence-electron chi connectivity index (χ0n) is 14.8. The van der Waals surface area contributed by atoms with Crippen molar-refractivity contribution in [3.63, 3.8) is 0 Å². The monoisotopic (exact) mass is 366 g/mol. The number of nitro groups is 1. The van der Waals surface area contributed by atoms with E-state index in [1.165, 1.54) is 18.2 Å². The average molecular weight is 366 g/mol. The number of non-ortho nitro benzene ring substituents is 1. The molecule has 0 aromatic heterocycles. The molecule has 1 aliphatic rings. The third-order valence-corrected chi connectivity index (χ3v) is 3.87. The van der Waals surface area contributed by atoms with E-state index in [1.54, 1.807) is 36.4 Å². The average Bonchev–Trinajstić information content (AvgIpc) is 3.03. The first kappa shape index (κ1) is 18.3. The first-order valence-electron chi connectivity index (χ1n) is 8.57. The fourth-order valence-electron chi connectivity index (χ4n) is 2.45. The maximum Gasteiger partial charge on any atom is 0.363 e. The zero-order valence-corrected chi connectivity index (χ0v) is 14.8. The van der Waals surface area contributed by atoms with Crippen LogP contribution < -0.4 is 4.74 Å². The van der Waals surface area contributed by atoms with E-state index >= 15 is 0 Å². The Morgan fingerprint density at radius 2 is 2.00 bits per heavy atom. The Hall–Kier alpha value is -3.48. The van der Waals surface area contributed by atoms with Gasteiger partial charge in [-0.15, -0.1) is 0 Å². The summed E-state index contributed by atoms with van der Waals surface area (Å²) in [7, 11) is 0. The van der Waals surface area contributed by atoms with E-state index in [0.29, 0.717) is 17.7 Å². The fourth-order valence-corrected chi connectivity index (χ4v) is 2.45. The maximum absolute atomic E-state index is 12.1. The fraction of sp³-hybridized carbons (Fsp3) is 0.200. The number of carbonyl (C=O) groups is 1. The van der Waals surface area contributed by atoms with Crippen molar-refractivity contribution in [1.29, 1.82) is 0 Å². The molecule has 1 aliphatic heterocycles. The molecule has 138 valence electrons. The number of nitrogens with zero attached hydrogens (tertiary/aromatic N) is 2. The van der Waals surface area contributed by atoms with Gasteiger partial charge in [-0.25, -0.2) is 9.79 Å². The van der Waals surface area contributed by atoms with Crippen LogP contribution in [-0.4, -0.2) is 23.4 Å². The molecule has 7 nitrogen and oxygen atoms in total. The molecule has 27 heavy (non-hydrogen) atoms. The van der Waals surface area contributed by atoms with E-state index < -0.39 is 10.9 Å². The minimum Gasteiger partial charge on any atom is -0.494 e. The van der Waals surface area contributed by atoms with Crippen molar-refractivity contribution >= 4 is 23.6 Å². The number of aliphatic imine (C=N–C) groups is 1. The second-order valence-electron chi connectivity index (χ2n) is 5.91. The third-order valence-electron chi connectivity index (χ3n) is 3.87. The van der Waals surface area contributed by atoms with E-state index in [2.05, 4.69) is 11.9 Å². The molecule has 0 atom stereocenters. The van der Waals surface area contributed by atoms with Gasteiger partial charge < -0.3 is 9.47 Å². The van der Waals surface area contributed by atoms with Crippen LogP contribution in [0, 0.1) is 10.1 Å². The Bertz CT molecular complexity index is 916. The molecule has 0 aliphatic carbocycles. The van der Waals surface area contributed by atoms with Crippen molar-refractivity contribution in [1.82, 2.24) is 0 Å². The van der Waals surface area contributed by atoms with Gasteiger partial charge in [0.05, 0.1) is 11.5 Å². The van der Waals surface area contributed by atoms with Crippen molar-refractivity contribution in [2.45, 2.75) is 19.8 Å². The van der Waals surface area contributed by atoms with Crippen LogP contribution in [0.15, 0.2) is 59.2 Å². The Balaban J connectivity index is 1.77. The maximum atomic E-state index is 12.1. The van der Waals surface area contributed by atoms with Crippen LogP contribution in [0.25, 0.3) is 6.08 Å². The predicted molar refractivity (Wildman–Crippen MR) is 101 cm³/mol. The molecular weight excluding hydrogens is 348 g/mol. The zero-order chi connectivity index (χ0) is 19.2. The second kappa shape index (κ2) is 8.27. The van der Waals surface area contributed by atoms with E-state index in [0.717, 1.165) is 18.6 Å². The number of hydrogen-bond acceptors (Lipinski definition) is 6. The predicted octanol–water partition coefficient (Wildman–Crippen LogP) is 4.12. The van der Waals surface area contributed by atoms with Gasteiger partial charge in [-0.05, 0) is 42.3 Å². The summed E-state index contributed by atoms with van der Waals surface area (Å²) in [5, 5.41) is 10.9. The highest BCUT2D eigenvalue weighted by molar-refractivity contribution is 6.12.